The van der Waals surface area contributed by atoms with Gasteiger partial charge in [0, 0.05) is 6.54 Å². The van der Waals surface area contributed by atoms with Gasteiger partial charge in [0.05, 0.1) is 16.5 Å². The third-order valence-electron chi connectivity index (χ3n) is 4.13. The fraction of sp³-hybridized carbons (Fsp3) is 0.600. The summed E-state index contributed by atoms with van der Waals surface area (Å²) in [6, 6.07) is 4.79. The number of sulfonamides is 1. The average Bonchev–Trinajstić information content (AvgIpc) is 2.46. The number of benzene rings is 1. The van der Waals surface area contributed by atoms with Crippen LogP contribution in [0.5, 0.6) is 5.75 Å². The van der Waals surface area contributed by atoms with E-state index in [0.717, 1.165) is 18.8 Å². The second-order valence-electron chi connectivity index (χ2n) is 5.77. The van der Waals surface area contributed by atoms with E-state index in [9.17, 15) is 8.42 Å². The highest BCUT2D eigenvalue weighted by Gasteiger charge is 2.21. The van der Waals surface area contributed by atoms with Gasteiger partial charge >= 0.3 is 0 Å². The van der Waals surface area contributed by atoms with E-state index in [-0.39, 0.29) is 4.90 Å². The summed E-state index contributed by atoms with van der Waals surface area (Å²) in [7, 11) is -1.90. The normalized spacial score (nSPS) is 23.0. The second kappa shape index (κ2) is 7.11. The van der Waals surface area contributed by atoms with Crippen LogP contribution >= 0.6 is 15.9 Å². The van der Waals surface area contributed by atoms with Gasteiger partial charge < -0.3 is 4.74 Å². The summed E-state index contributed by atoms with van der Waals surface area (Å²) >= 11 is 3.32. The minimum absolute atomic E-state index is 0.263. The monoisotopic (exact) mass is 375 g/mol. The van der Waals surface area contributed by atoms with Crippen molar-refractivity contribution in [2.24, 2.45) is 11.8 Å². The van der Waals surface area contributed by atoms with Crippen LogP contribution in [-0.2, 0) is 10.0 Å². The SMILES string of the molecule is COc1ccc(S(=O)(=O)NCC2CCC(C)CC2)cc1Br. The molecule has 0 bridgehead atoms. The van der Waals surface area contributed by atoms with Gasteiger partial charge in [0.15, 0.2) is 0 Å². The van der Waals surface area contributed by atoms with Gasteiger partial charge in [-0.15, -0.1) is 0 Å². The number of hydrogen-bond donors (Lipinski definition) is 1. The molecular formula is C15H22BrNO3S. The van der Waals surface area contributed by atoms with Crippen molar-refractivity contribution < 1.29 is 13.2 Å². The minimum Gasteiger partial charge on any atom is -0.496 e. The third kappa shape index (κ3) is 4.44. The summed E-state index contributed by atoms with van der Waals surface area (Å²) in [5, 5.41) is 0. The maximum absolute atomic E-state index is 12.3. The molecular weight excluding hydrogens is 354 g/mol. The van der Waals surface area contributed by atoms with Crippen LogP contribution in [0.2, 0.25) is 0 Å². The summed E-state index contributed by atoms with van der Waals surface area (Å²) in [5.74, 6) is 1.85. The summed E-state index contributed by atoms with van der Waals surface area (Å²) in [4.78, 5) is 0.263. The Labute approximate surface area is 135 Å². The highest BCUT2D eigenvalue weighted by Crippen LogP contribution is 2.29. The van der Waals surface area contributed by atoms with Crippen LogP contribution in [0.3, 0.4) is 0 Å². The Kier molecular flexibility index (Phi) is 5.68. The molecule has 2 rings (SSSR count). The quantitative estimate of drug-likeness (QED) is 0.855. The molecule has 0 heterocycles. The molecule has 0 aliphatic heterocycles. The van der Waals surface area contributed by atoms with Crippen molar-refractivity contribution in [2.45, 2.75) is 37.5 Å². The van der Waals surface area contributed by atoms with Crippen LogP contribution in [0, 0.1) is 11.8 Å². The van der Waals surface area contributed by atoms with Crippen LogP contribution in [0.1, 0.15) is 32.6 Å². The Bertz CT molecular complexity index is 581. The van der Waals surface area contributed by atoms with Crippen molar-refractivity contribution in [1.82, 2.24) is 4.72 Å². The van der Waals surface area contributed by atoms with E-state index in [2.05, 4.69) is 27.6 Å². The lowest BCUT2D eigenvalue weighted by Gasteiger charge is -2.26. The van der Waals surface area contributed by atoms with Crippen LogP contribution < -0.4 is 9.46 Å². The van der Waals surface area contributed by atoms with Gasteiger partial charge in [-0.05, 0) is 58.8 Å². The highest BCUT2D eigenvalue weighted by molar-refractivity contribution is 9.10. The lowest BCUT2D eigenvalue weighted by atomic mass is 9.83. The van der Waals surface area contributed by atoms with Crippen LogP contribution in [0.4, 0.5) is 0 Å². The van der Waals surface area contributed by atoms with Crippen LogP contribution in [0.25, 0.3) is 0 Å². The van der Waals surface area contributed by atoms with Crippen LogP contribution in [-0.4, -0.2) is 22.1 Å². The Balaban J connectivity index is 2.00. The number of rotatable bonds is 5. The molecule has 0 spiro atoms. The highest BCUT2D eigenvalue weighted by atomic mass is 79.9. The number of hydrogen-bond acceptors (Lipinski definition) is 3. The molecule has 6 heteroatoms. The number of ether oxygens (including phenoxy) is 1. The largest absolute Gasteiger partial charge is 0.496 e. The van der Waals surface area contributed by atoms with E-state index in [1.165, 1.54) is 12.8 Å². The molecule has 0 radical (unpaired) electrons. The van der Waals surface area contributed by atoms with Crippen molar-refractivity contribution in [1.29, 1.82) is 0 Å². The lowest BCUT2D eigenvalue weighted by Crippen LogP contribution is -2.31. The van der Waals surface area contributed by atoms with Gasteiger partial charge in [-0.1, -0.05) is 19.8 Å². The zero-order valence-electron chi connectivity index (χ0n) is 12.4. The Morgan fingerprint density at radius 1 is 1.29 bits per heavy atom. The molecule has 0 atom stereocenters. The van der Waals surface area contributed by atoms with Crippen molar-refractivity contribution in [3.63, 3.8) is 0 Å². The molecule has 1 aromatic carbocycles. The molecule has 1 N–H and O–H groups in total. The van der Waals surface area contributed by atoms with Crippen molar-refractivity contribution in [2.75, 3.05) is 13.7 Å². The first-order valence-corrected chi connectivity index (χ1v) is 9.53. The molecule has 21 heavy (non-hydrogen) atoms. The molecule has 0 unspecified atom stereocenters. The predicted octanol–water partition coefficient (Wildman–Crippen LogP) is 3.56. The average molecular weight is 376 g/mol. The smallest absolute Gasteiger partial charge is 0.240 e. The van der Waals surface area contributed by atoms with Crippen LogP contribution in [0.15, 0.2) is 27.6 Å². The van der Waals surface area contributed by atoms with Gasteiger partial charge in [-0.2, -0.15) is 0 Å². The van der Waals surface area contributed by atoms with E-state index in [1.54, 1.807) is 25.3 Å². The van der Waals surface area contributed by atoms with E-state index in [1.807, 2.05) is 0 Å². The lowest BCUT2D eigenvalue weighted by molar-refractivity contribution is 0.290. The zero-order valence-corrected chi connectivity index (χ0v) is 14.8. The van der Waals surface area contributed by atoms with Gasteiger partial charge in [0.2, 0.25) is 10.0 Å². The van der Waals surface area contributed by atoms with E-state index < -0.39 is 10.0 Å². The van der Waals surface area contributed by atoms with E-state index in [0.29, 0.717) is 22.7 Å². The molecule has 0 saturated heterocycles. The predicted molar refractivity (Wildman–Crippen MR) is 87.0 cm³/mol. The molecule has 0 aromatic heterocycles. The summed E-state index contributed by atoms with van der Waals surface area (Å²) in [6.07, 6.45) is 4.60. The minimum atomic E-state index is -3.46. The first-order chi connectivity index (χ1) is 9.92. The maximum atomic E-state index is 12.3. The van der Waals surface area contributed by atoms with Crippen molar-refractivity contribution >= 4 is 26.0 Å². The summed E-state index contributed by atoms with van der Waals surface area (Å²) in [6.45, 7) is 2.79. The Morgan fingerprint density at radius 2 is 1.95 bits per heavy atom. The molecule has 1 aromatic rings. The van der Waals surface area contributed by atoms with E-state index in [4.69, 9.17) is 4.74 Å². The molecule has 1 saturated carbocycles. The Hall–Kier alpha value is -0.590. The first-order valence-electron chi connectivity index (χ1n) is 7.25. The summed E-state index contributed by atoms with van der Waals surface area (Å²) < 4.78 is 33.1. The van der Waals surface area contributed by atoms with E-state index >= 15 is 0 Å². The second-order valence-corrected chi connectivity index (χ2v) is 8.40. The summed E-state index contributed by atoms with van der Waals surface area (Å²) in [5.41, 5.74) is 0. The third-order valence-corrected chi connectivity index (χ3v) is 6.17. The van der Waals surface area contributed by atoms with Crippen molar-refractivity contribution in [3.8, 4) is 5.75 Å². The maximum Gasteiger partial charge on any atom is 0.240 e. The fourth-order valence-electron chi connectivity index (χ4n) is 2.66. The van der Waals surface area contributed by atoms with Gasteiger partial charge in [0.25, 0.3) is 0 Å². The van der Waals surface area contributed by atoms with Crippen molar-refractivity contribution in [3.05, 3.63) is 22.7 Å². The molecule has 118 valence electrons. The zero-order chi connectivity index (χ0) is 15.5. The number of nitrogens with one attached hydrogen (secondary N) is 1. The fourth-order valence-corrected chi connectivity index (χ4v) is 4.49. The van der Waals surface area contributed by atoms with Gasteiger partial charge in [-0.25, -0.2) is 13.1 Å². The van der Waals surface area contributed by atoms with Gasteiger partial charge in [-0.3, -0.25) is 0 Å². The number of methoxy groups -OCH3 is 1. The number of halogens is 1. The van der Waals surface area contributed by atoms with Gasteiger partial charge in [0.1, 0.15) is 5.75 Å². The molecule has 1 aliphatic rings. The first kappa shape index (κ1) is 16.8. The molecule has 1 aliphatic carbocycles. The Morgan fingerprint density at radius 3 is 2.52 bits per heavy atom. The molecule has 0 amide bonds. The molecule has 1 fully saturated rings. The molecule has 4 nitrogen and oxygen atoms in total. The topological polar surface area (TPSA) is 55.4 Å². The standard InChI is InChI=1S/C15H22BrNO3S/c1-11-3-5-12(6-4-11)10-17-21(18,19)13-7-8-15(20-2)14(16)9-13/h7-9,11-12,17H,3-6,10H2,1-2H3.